The molecule has 0 fully saturated rings. The molecule has 28 heavy (non-hydrogen) atoms. The second kappa shape index (κ2) is 24.5. The summed E-state index contributed by atoms with van der Waals surface area (Å²) in [6.45, 7) is 5.90. The number of hydrogen-bond donors (Lipinski definition) is 0. The van der Waals surface area contributed by atoms with Gasteiger partial charge in [-0.05, 0) is 45.6 Å². The summed E-state index contributed by atoms with van der Waals surface area (Å²) in [5.41, 5.74) is 0. The molecule has 0 saturated carbocycles. The average molecular weight is 401 g/mol. The van der Waals surface area contributed by atoms with E-state index in [2.05, 4.69) is 6.08 Å². The molecule has 0 aliphatic rings. The Bertz CT molecular complexity index is 301. The number of rotatable bonds is 23. The van der Waals surface area contributed by atoms with E-state index in [1.165, 1.54) is 83.5 Å². The van der Waals surface area contributed by atoms with Crippen LogP contribution >= 0.6 is 0 Å². The zero-order valence-corrected chi connectivity index (χ0v) is 19.1. The molecule has 0 aromatic carbocycles. The van der Waals surface area contributed by atoms with Gasteiger partial charge in [-0.1, -0.05) is 70.6 Å². The van der Waals surface area contributed by atoms with Gasteiger partial charge in [-0.2, -0.15) is 0 Å². The van der Waals surface area contributed by atoms with Crippen LogP contribution in [0.25, 0.3) is 0 Å². The van der Waals surface area contributed by atoms with E-state index in [4.69, 9.17) is 18.9 Å². The molecule has 0 rings (SSSR count). The van der Waals surface area contributed by atoms with Crippen LogP contribution in [0.5, 0.6) is 0 Å². The summed E-state index contributed by atoms with van der Waals surface area (Å²) in [6, 6.07) is 0. The summed E-state index contributed by atoms with van der Waals surface area (Å²) in [5.74, 6) is 0. The second-order valence-electron chi connectivity index (χ2n) is 7.46. The topological polar surface area (TPSA) is 36.9 Å². The highest BCUT2D eigenvalue weighted by atomic mass is 16.7. The van der Waals surface area contributed by atoms with Crippen LogP contribution in [0, 0.1) is 0 Å². The van der Waals surface area contributed by atoms with Crippen molar-refractivity contribution in [1.82, 2.24) is 0 Å². The van der Waals surface area contributed by atoms with Gasteiger partial charge in [0.15, 0.2) is 13.1 Å². The van der Waals surface area contributed by atoms with Gasteiger partial charge in [-0.15, -0.1) is 0 Å². The quantitative estimate of drug-likeness (QED) is 0.102. The van der Waals surface area contributed by atoms with Gasteiger partial charge in [0.1, 0.15) is 0 Å². The maximum absolute atomic E-state index is 5.59. The summed E-state index contributed by atoms with van der Waals surface area (Å²) in [7, 11) is 1.64. The molecule has 0 N–H and O–H groups in total. The molecule has 4 heteroatoms. The van der Waals surface area contributed by atoms with E-state index in [0.29, 0.717) is 6.79 Å². The van der Waals surface area contributed by atoms with Gasteiger partial charge in [0.05, 0.1) is 6.26 Å². The second-order valence-corrected chi connectivity index (χ2v) is 7.46. The van der Waals surface area contributed by atoms with E-state index in [1.54, 1.807) is 13.4 Å². The van der Waals surface area contributed by atoms with Crippen molar-refractivity contribution < 1.29 is 18.9 Å². The fourth-order valence-electron chi connectivity index (χ4n) is 3.35. The fourth-order valence-corrected chi connectivity index (χ4v) is 3.35. The van der Waals surface area contributed by atoms with Crippen molar-refractivity contribution in [3.63, 3.8) is 0 Å². The van der Waals surface area contributed by atoms with E-state index < -0.39 is 0 Å². The van der Waals surface area contributed by atoms with Crippen molar-refractivity contribution in [3.05, 3.63) is 12.3 Å². The Labute approximate surface area is 175 Å². The van der Waals surface area contributed by atoms with Crippen LogP contribution in [0.3, 0.4) is 0 Å². The van der Waals surface area contributed by atoms with Crippen molar-refractivity contribution in [2.75, 3.05) is 27.1 Å². The Morgan fingerprint density at radius 3 is 1.57 bits per heavy atom. The highest BCUT2D eigenvalue weighted by Crippen LogP contribution is 2.14. The van der Waals surface area contributed by atoms with Crippen LogP contribution < -0.4 is 0 Å². The molecular formula is C24H48O4. The Hall–Kier alpha value is -0.580. The molecule has 0 atom stereocenters. The third kappa shape index (κ3) is 21.7. The van der Waals surface area contributed by atoms with Crippen molar-refractivity contribution >= 4 is 0 Å². The molecule has 0 amide bonds. The standard InChI is InChI=1S/C24H48O4/c1-4-27-24(28-5-2)21-19-17-15-13-11-9-7-6-8-10-12-14-16-18-20-22-26-23-25-3/h20,22,24H,4-19,21,23H2,1-3H3. The third-order valence-corrected chi connectivity index (χ3v) is 4.89. The minimum absolute atomic E-state index is 0.0152. The lowest BCUT2D eigenvalue weighted by molar-refractivity contribution is -0.140. The van der Waals surface area contributed by atoms with Crippen molar-refractivity contribution in [1.29, 1.82) is 0 Å². The molecule has 0 heterocycles. The first kappa shape index (κ1) is 27.4. The van der Waals surface area contributed by atoms with Gasteiger partial charge in [-0.3, -0.25) is 0 Å². The van der Waals surface area contributed by atoms with E-state index in [9.17, 15) is 0 Å². The highest BCUT2D eigenvalue weighted by molar-refractivity contribution is 4.72. The first-order valence-electron chi connectivity index (χ1n) is 11.8. The molecule has 0 aromatic rings. The van der Waals surface area contributed by atoms with Crippen LogP contribution in [-0.2, 0) is 18.9 Å². The average Bonchev–Trinajstić information content (AvgIpc) is 2.70. The van der Waals surface area contributed by atoms with Gasteiger partial charge in [0.2, 0.25) is 0 Å². The van der Waals surface area contributed by atoms with Crippen molar-refractivity contribution in [3.8, 4) is 0 Å². The number of unbranched alkanes of at least 4 members (excludes halogenated alkanes) is 13. The number of ether oxygens (including phenoxy) is 4. The normalized spacial score (nSPS) is 11.7. The summed E-state index contributed by atoms with van der Waals surface area (Å²) >= 11 is 0. The predicted octanol–water partition coefficient (Wildman–Crippen LogP) is 7.37. The van der Waals surface area contributed by atoms with E-state index in [-0.39, 0.29) is 6.29 Å². The molecule has 4 nitrogen and oxygen atoms in total. The Kier molecular flexibility index (Phi) is 24.0. The lowest BCUT2D eigenvalue weighted by atomic mass is 10.0. The number of methoxy groups -OCH3 is 1. The van der Waals surface area contributed by atoms with Gasteiger partial charge in [0.25, 0.3) is 0 Å². The van der Waals surface area contributed by atoms with Gasteiger partial charge in [0, 0.05) is 20.3 Å². The Morgan fingerprint density at radius 2 is 1.11 bits per heavy atom. The van der Waals surface area contributed by atoms with E-state index in [1.807, 2.05) is 13.8 Å². The van der Waals surface area contributed by atoms with Crippen LogP contribution in [-0.4, -0.2) is 33.4 Å². The molecule has 0 radical (unpaired) electrons. The summed E-state index contributed by atoms with van der Waals surface area (Å²) < 4.78 is 21.1. The van der Waals surface area contributed by atoms with Crippen LogP contribution in [0.1, 0.15) is 110 Å². The minimum Gasteiger partial charge on any atom is -0.476 e. The smallest absolute Gasteiger partial charge is 0.187 e. The van der Waals surface area contributed by atoms with Crippen molar-refractivity contribution in [2.45, 2.75) is 116 Å². The summed E-state index contributed by atoms with van der Waals surface area (Å²) in [5, 5.41) is 0. The molecule has 168 valence electrons. The monoisotopic (exact) mass is 400 g/mol. The zero-order chi connectivity index (χ0) is 20.5. The predicted molar refractivity (Wildman–Crippen MR) is 118 cm³/mol. The maximum atomic E-state index is 5.59. The van der Waals surface area contributed by atoms with Gasteiger partial charge < -0.3 is 18.9 Å². The summed E-state index contributed by atoms with van der Waals surface area (Å²) in [6.07, 6.45) is 23.7. The van der Waals surface area contributed by atoms with Gasteiger partial charge >= 0.3 is 0 Å². The van der Waals surface area contributed by atoms with Crippen LogP contribution in [0.4, 0.5) is 0 Å². The lowest BCUT2D eigenvalue weighted by Crippen LogP contribution is -2.17. The van der Waals surface area contributed by atoms with Crippen LogP contribution in [0.2, 0.25) is 0 Å². The molecule has 0 unspecified atom stereocenters. The van der Waals surface area contributed by atoms with Gasteiger partial charge in [-0.25, -0.2) is 0 Å². The largest absolute Gasteiger partial charge is 0.476 e. The third-order valence-electron chi connectivity index (χ3n) is 4.89. The Balaban J connectivity index is 3.16. The number of hydrogen-bond acceptors (Lipinski definition) is 4. The zero-order valence-electron chi connectivity index (χ0n) is 19.1. The van der Waals surface area contributed by atoms with Crippen molar-refractivity contribution in [2.24, 2.45) is 0 Å². The van der Waals surface area contributed by atoms with E-state index in [0.717, 1.165) is 26.1 Å². The molecule has 0 aromatic heterocycles. The summed E-state index contributed by atoms with van der Waals surface area (Å²) in [4.78, 5) is 0. The number of allylic oxidation sites excluding steroid dienone is 1. The Morgan fingerprint density at radius 1 is 0.643 bits per heavy atom. The lowest BCUT2D eigenvalue weighted by Gasteiger charge is -2.16. The molecule has 0 bridgehead atoms. The van der Waals surface area contributed by atoms with E-state index >= 15 is 0 Å². The molecule has 0 spiro atoms. The first-order chi connectivity index (χ1) is 13.8. The molecule has 0 aliphatic heterocycles. The molecular weight excluding hydrogens is 352 g/mol. The highest BCUT2D eigenvalue weighted by Gasteiger charge is 2.06. The molecule has 0 aliphatic carbocycles. The SMILES string of the molecule is CCOC(CCCCCCCCCCCCCCCC=COCOC)OCC. The molecule has 0 saturated heterocycles. The maximum Gasteiger partial charge on any atom is 0.187 e. The minimum atomic E-state index is 0.0152. The van der Waals surface area contributed by atoms with Crippen LogP contribution in [0.15, 0.2) is 12.3 Å². The first-order valence-corrected chi connectivity index (χ1v) is 11.8. The fraction of sp³-hybridized carbons (Fsp3) is 0.917.